The van der Waals surface area contributed by atoms with Crippen molar-refractivity contribution in [2.45, 2.75) is 50.6 Å². The number of nitrogens with one attached hydrogen (secondary N) is 1. The molecular formula is C31H34ClN3O5S. The standard InChI is InChI=1S/C31H34ClN3O5S/c1-22(2)20-33-30(37)27(19-23-11-4-3-5-12-23)34(21-24-13-6-8-15-26(24)32)29(36)17-10-18-35-31(38)25-14-7-9-16-28(25)41(35,39)40/h3-9,11-16,22,27H,10,17-21H2,1-2H3,(H,33,37). The van der Waals surface area contributed by atoms with Crippen LogP contribution >= 0.6 is 11.6 Å². The minimum atomic E-state index is -3.98. The predicted molar refractivity (Wildman–Crippen MR) is 158 cm³/mol. The summed E-state index contributed by atoms with van der Waals surface area (Å²) in [4.78, 5) is 41.7. The van der Waals surface area contributed by atoms with Gasteiger partial charge in [-0.3, -0.25) is 14.4 Å². The highest BCUT2D eigenvalue weighted by atomic mass is 35.5. The molecule has 1 N–H and O–H groups in total. The van der Waals surface area contributed by atoms with Gasteiger partial charge in [0.2, 0.25) is 11.8 Å². The van der Waals surface area contributed by atoms with Gasteiger partial charge in [0.1, 0.15) is 10.9 Å². The first-order valence-corrected chi connectivity index (χ1v) is 15.4. The Bertz CT molecular complexity index is 1510. The van der Waals surface area contributed by atoms with E-state index in [1.165, 1.54) is 17.0 Å². The molecule has 1 atom stereocenters. The summed E-state index contributed by atoms with van der Waals surface area (Å²) in [7, 11) is -3.98. The van der Waals surface area contributed by atoms with E-state index in [0.717, 1.165) is 9.87 Å². The number of halogens is 1. The molecular weight excluding hydrogens is 562 g/mol. The smallest absolute Gasteiger partial charge is 0.269 e. The van der Waals surface area contributed by atoms with Crippen molar-refractivity contribution in [3.8, 4) is 0 Å². The van der Waals surface area contributed by atoms with Crippen molar-refractivity contribution in [2.75, 3.05) is 13.1 Å². The van der Waals surface area contributed by atoms with E-state index in [9.17, 15) is 22.8 Å². The van der Waals surface area contributed by atoms with Gasteiger partial charge in [0.25, 0.3) is 15.9 Å². The summed E-state index contributed by atoms with van der Waals surface area (Å²) >= 11 is 6.45. The van der Waals surface area contributed by atoms with Gasteiger partial charge in [-0.05, 0) is 41.7 Å². The molecule has 3 aromatic rings. The van der Waals surface area contributed by atoms with E-state index in [-0.39, 0.29) is 60.5 Å². The summed E-state index contributed by atoms with van der Waals surface area (Å²) in [5.74, 6) is -1.01. The molecule has 0 aliphatic carbocycles. The molecule has 216 valence electrons. The van der Waals surface area contributed by atoms with Crippen LogP contribution in [-0.2, 0) is 32.6 Å². The minimum absolute atomic E-state index is 0.0265. The molecule has 1 unspecified atom stereocenters. The molecule has 1 aliphatic heterocycles. The van der Waals surface area contributed by atoms with E-state index in [4.69, 9.17) is 11.6 Å². The molecule has 0 spiro atoms. The summed E-state index contributed by atoms with van der Waals surface area (Å²) in [5, 5.41) is 3.44. The largest absolute Gasteiger partial charge is 0.354 e. The summed E-state index contributed by atoms with van der Waals surface area (Å²) < 4.78 is 26.7. The highest BCUT2D eigenvalue weighted by Gasteiger charge is 2.40. The molecule has 4 rings (SSSR count). The normalized spacial score (nSPS) is 14.5. The third-order valence-corrected chi connectivity index (χ3v) is 9.13. The molecule has 0 saturated heterocycles. The molecule has 0 saturated carbocycles. The number of amides is 3. The third-order valence-electron chi connectivity index (χ3n) is 6.92. The fourth-order valence-electron chi connectivity index (χ4n) is 4.76. The van der Waals surface area contributed by atoms with E-state index in [2.05, 4.69) is 5.32 Å². The maximum absolute atomic E-state index is 13.8. The molecule has 41 heavy (non-hydrogen) atoms. The Morgan fingerprint density at radius 2 is 1.61 bits per heavy atom. The zero-order chi connectivity index (χ0) is 29.6. The van der Waals surface area contributed by atoms with Gasteiger partial charge in [0, 0.05) is 37.5 Å². The zero-order valence-corrected chi connectivity index (χ0v) is 24.7. The fourth-order valence-corrected chi connectivity index (χ4v) is 6.56. The summed E-state index contributed by atoms with van der Waals surface area (Å²) in [6.45, 7) is 4.38. The van der Waals surface area contributed by atoms with Gasteiger partial charge < -0.3 is 10.2 Å². The molecule has 0 fully saturated rings. The van der Waals surface area contributed by atoms with E-state index in [0.29, 0.717) is 17.1 Å². The van der Waals surface area contributed by atoms with Crippen LogP contribution in [-0.4, -0.2) is 54.5 Å². The average molecular weight is 596 g/mol. The van der Waals surface area contributed by atoms with Gasteiger partial charge in [-0.15, -0.1) is 0 Å². The summed E-state index contributed by atoms with van der Waals surface area (Å²) in [6.07, 6.45) is 0.320. The number of hydrogen-bond donors (Lipinski definition) is 1. The van der Waals surface area contributed by atoms with Crippen LogP contribution in [0.3, 0.4) is 0 Å². The van der Waals surface area contributed by atoms with Crippen LogP contribution in [0.1, 0.15) is 48.2 Å². The van der Waals surface area contributed by atoms with Crippen LogP contribution in [0.2, 0.25) is 5.02 Å². The molecule has 1 aliphatic rings. The molecule has 10 heteroatoms. The Kier molecular flexibility index (Phi) is 9.83. The Balaban J connectivity index is 1.57. The Morgan fingerprint density at radius 1 is 0.951 bits per heavy atom. The van der Waals surface area contributed by atoms with E-state index in [1.807, 2.05) is 50.2 Å². The number of nitrogens with zero attached hydrogens (tertiary/aromatic N) is 2. The number of fused-ring (bicyclic) bond motifs is 1. The van der Waals surface area contributed by atoms with Gasteiger partial charge in [-0.1, -0.05) is 86.1 Å². The van der Waals surface area contributed by atoms with Crippen molar-refractivity contribution in [3.63, 3.8) is 0 Å². The van der Waals surface area contributed by atoms with Crippen molar-refractivity contribution in [1.82, 2.24) is 14.5 Å². The molecule has 1 heterocycles. The molecule has 8 nitrogen and oxygen atoms in total. The third kappa shape index (κ3) is 7.15. The molecule has 0 aromatic heterocycles. The van der Waals surface area contributed by atoms with Crippen LogP contribution in [0.15, 0.2) is 83.8 Å². The first kappa shape index (κ1) is 30.3. The zero-order valence-electron chi connectivity index (χ0n) is 23.1. The minimum Gasteiger partial charge on any atom is -0.354 e. The van der Waals surface area contributed by atoms with Crippen molar-refractivity contribution in [3.05, 3.63) is 101 Å². The summed E-state index contributed by atoms with van der Waals surface area (Å²) in [6, 6.07) is 21.8. The first-order chi connectivity index (χ1) is 19.6. The van der Waals surface area contributed by atoms with Crippen LogP contribution in [0.5, 0.6) is 0 Å². The monoisotopic (exact) mass is 595 g/mol. The Labute approximate surface area is 246 Å². The number of benzene rings is 3. The van der Waals surface area contributed by atoms with Gasteiger partial charge >= 0.3 is 0 Å². The van der Waals surface area contributed by atoms with Crippen molar-refractivity contribution >= 4 is 39.3 Å². The van der Waals surface area contributed by atoms with E-state index >= 15 is 0 Å². The second kappa shape index (κ2) is 13.3. The number of sulfonamides is 1. The average Bonchev–Trinajstić information content (AvgIpc) is 3.15. The van der Waals surface area contributed by atoms with E-state index in [1.54, 1.807) is 30.3 Å². The number of carbonyl (C=O) groups excluding carboxylic acids is 3. The Hall–Kier alpha value is -3.69. The number of hydrogen-bond acceptors (Lipinski definition) is 5. The second-order valence-electron chi connectivity index (χ2n) is 10.4. The van der Waals surface area contributed by atoms with Crippen LogP contribution in [0, 0.1) is 5.92 Å². The van der Waals surface area contributed by atoms with Crippen LogP contribution < -0.4 is 5.32 Å². The second-order valence-corrected chi connectivity index (χ2v) is 12.7. The van der Waals surface area contributed by atoms with Crippen molar-refractivity contribution < 1.29 is 22.8 Å². The summed E-state index contributed by atoms with van der Waals surface area (Å²) in [5.41, 5.74) is 1.70. The van der Waals surface area contributed by atoms with Crippen LogP contribution in [0.25, 0.3) is 0 Å². The topological polar surface area (TPSA) is 104 Å². The van der Waals surface area contributed by atoms with Gasteiger partial charge in [-0.25, -0.2) is 12.7 Å². The first-order valence-electron chi connectivity index (χ1n) is 13.6. The molecule has 3 aromatic carbocycles. The highest BCUT2D eigenvalue weighted by molar-refractivity contribution is 7.90. The lowest BCUT2D eigenvalue weighted by atomic mass is 10.0. The highest BCUT2D eigenvalue weighted by Crippen LogP contribution is 2.30. The quantitative estimate of drug-likeness (QED) is 0.327. The fraction of sp³-hybridized carbons (Fsp3) is 0.323. The SMILES string of the molecule is CC(C)CNC(=O)C(Cc1ccccc1)N(Cc1ccccc1Cl)C(=O)CCCN1C(=O)c2ccccc2S1(=O)=O. The number of rotatable bonds is 12. The van der Waals surface area contributed by atoms with Gasteiger partial charge in [-0.2, -0.15) is 0 Å². The molecule has 3 amide bonds. The van der Waals surface area contributed by atoms with Gasteiger partial charge in [0.05, 0.1) is 5.56 Å². The lowest BCUT2D eigenvalue weighted by Crippen LogP contribution is -2.51. The van der Waals surface area contributed by atoms with Crippen molar-refractivity contribution in [1.29, 1.82) is 0 Å². The molecule has 0 radical (unpaired) electrons. The van der Waals surface area contributed by atoms with Crippen molar-refractivity contribution in [2.24, 2.45) is 5.92 Å². The Morgan fingerprint density at radius 3 is 2.29 bits per heavy atom. The maximum atomic E-state index is 13.8. The van der Waals surface area contributed by atoms with Crippen LogP contribution in [0.4, 0.5) is 0 Å². The lowest BCUT2D eigenvalue weighted by Gasteiger charge is -2.32. The molecule has 0 bridgehead atoms. The number of carbonyl (C=O) groups is 3. The van der Waals surface area contributed by atoms with E-state index < -0.39 is 22.0 Å². The van der Waals surface area contributed by atoms with Gasteiger partial charge in [0.15, 0.2) is 0 Å². The maximum Gasteiger partial charge on any atom is 0.269 e. The lowest BCUT2D eigenvalue weighted by molar-refractivity contribution is -0.141. The predicted octanol–water partition coefficient (Wildman–Crippen LogP) is 4.68.